The lowest BCUT2D eigenvalue weighted by atomic mass is 9.82. The molecule has 3 aromatic heterocycles. The number of nitrogens with zero attached hydrogens (tertiary/aromatic N) is 6. The number of benzene rings is 6. The third-order valence-electron chi connectivity index (χ3n) is 10.7. The maximum Gasteiger partial charge on any atom is 0.198 e. The summed E-state index contributed by atoms with van der Waals surface area (Å²) >= 11 is 0. The number of aromatic nitrogens is 6. The van der Waals surface area contributed by atoms with Crippen molar-refractivity contribution in [3.05, 3.63) is 181 Å². The number of rotatable bonds is 6. The van der Waals surface area contributed by atoms with Crippen LogP contribution in [-0.4, -0.2) is 29.7 Å². The first-order chi connectivity index (χ1) is 26.9. The van der Waals surface area contributed by atoms with Gasteiger partial charge in [0, 0.05) is 45.4 Å². The molecule has 0 unspecified atom stereocenters. The van der Waals surface area contributed by atoms with E-state index in [1.807, 2.05) is 35.1 Å². The fourth-order valence-corrected chi connectivity index (χ4v) is 7.81. The van der Waals surface area contributed by atoms with E-state index < -0.39 is 0 Å². The largest absolute Gasteiger partial charge is 0.233 e. The zero-order chi connectivity index (χ0) is 37.1. The molecule has 0 aliphatic heterocycles. The van der Waals surface area contributed by atoms with Crippen LogP contribution in [0.5, 0.6) is 0 Å². The van der Waals surface area contributed by atoms with Crippen LogP contribution in [0.15, 0.2) is 164 Å². The van der Waals surface area contributed by atoms with Gasteiger partial charge in [0.15, 0.2) is 11.6 Å². The molecule has 0 saturated carbocycles. The molecular weight excluding hydrogens is 680 g/mol. The first kappa shape index (κ1) is 32.5. The van der Waals surface area contributed by atoms with Crippen molar-refractivity contribution in [2.45, 2.75) is 19.3 Å². The van der Waals surface area contributed by atoms with Gasteiger partial charge in [-0.3, -0.25) is 0 Å². The maximum atomic E-state index is 13.9. The Balaban J connectivity index is 0.978. The van der Waals surface area contributed by atoms with Crippen LogP contribution >= 0.6 is 0 Å². The normalized spacial score (nSPS) is 12.8. The highest BCUT2D eigenvalue weighted by molar-refractivity contribution is 6.01. The van der Waals surface area contributed by atoms with E-state index in [1.54, 1.807) is 24.5 Å². The molecule has 0 amide bonds. The Morgan fingerprint density at radius 1 is 0.509 bits per heavy atom. The van der Waals surface area contributed by atoms with Crippen molar-refractivity contribution >= 4 is 10.9 Å². The zero-order valence-corrected chi connectivity index (χ0v) is 30.1. The minimum atomic E-state index is -0.307. The Kier molecular flexibility index (Phi) is 7.56. The highest BCUT2D eigenvalue weighted by atomic mass is 19.1. The topological polar surface area (TPSA) is 69.4 Å². The molecule has 0 atom stereocenters. The SMILES string of the molecule is CC1(C)c2ccccc2-c2c1ccc1cnn(-c3ccc(-c4cnc(-c5nc(-c6ccc(F)cc6)cc(-c6ccc(-c7ccccc7)cc6)n5)nc4)cc3)c21. The van der Waals surface area contributed by atoms with Crippen molar-refractivity contribution in [3.8, 4) is 73.2 Å². The molecule has 0 radical (unpaired) electrons. The molecule has 7 heteroatoms. The van der Waals surface area contributed by atoms with Gasteiger partial charge in [0.1, 0.15) is 5.82 Å². The van der Waals surface area contributed by atoms with Gasteiger partial charge in [-0.05, 0) is 75.8 Å². The molecule has 6 nitrogen and oxygen atoms in total. The van der Waals surface area contributed by atoms with Gasteiger partial charge in [0.2, 0.25) is 0 Å². The summed E-state index contributed by atoms with van der Waals surface area (Å²) in [4.78, 5) is 19.2. The summed E-state index contributed by atoms with van der Waals surface area (Å²) in [5.74, 6) is 0.471. The summed E-state index contributed by atoms with van der Waals surface area (Å²) in [5.41, 5.74) is 14.3. The van der Waals surface area contributed by atoms with Gasteiger partial charge < -0.3 is 0 Å². The minimum Gasteiger partial charge on any atom is -0.233 e. The predicted molar refractivity (Wildman–Crippen MR) is 217 cm³/mol. The fraction of sp³-hybridized carbons (Fsp3) is 0.0625. The smallest absolute Gasteiger partial charge is 0.198 e. The van der Waals surface area contributed by atoms with E-state index in [9.17, 15) is 4.39 Å². The lowest BCUT2D eigenvalue weighted by Crippen LogP contribution is -2.14. The summed E-state index contributed by atoms with van der Waals surface area (Å²) in [6, 6.07) is 48.2. The number of fused-ring (bicyclic) bond motifs is 5. The summed E-state index contributed by atoms with van der Waals surface area (Å²) in [5, 5.41) is 5.96. The molecule has 0 N–H and O–H groups in total. The summed E-state index contributed by atoms with van der Waals surface area (Å²) in [6.45, 7) is 4.59. The van der Waals surface area contributed by atoms with Gasteiger partial charge in [-0.2, -0.15) is 5.10 Å². The van der Waals surface area contributed by atoms with E-state index in [2.05, 4.69) is 111 Å². The first-order valence-electron chi connectivity index (χ1n) is 18.3. The second kappa shape index (κ2) is 12.8. The second-order valence-electron chi connectivity index (χ2n) is 14.4. The van der Waals surface area contributed by atoms with E-state index >= 15 is 0 Å². The summed E-state index contributed by atoms with van der Waals surface area (Å²) in [6.07, 6.45) is 5.55. The molecule has 55 heavy (non-hydrogen) atoms. The standard InChI is InChI=1S/C48H33FN6/c1-48(2)40-11-7-6-10-39(40)44-41(48)25-20-35-29-52-55(45(35)44)38-23-18-32(19-24-38)36-27-50-46(51-28-36)47-53-42(26-43(54-47)34-16-21-37(49)22-17-34)33-14-12-31(13-15-33)30-8-4-3-5-9-30/h3-29H,1-2H3. The Morgan fingerprint density at radius 2 is 1.09 bits per heavy atom. The van der Waals surface area contributed by atoms with Crippen molar-refractivity contribution in [1.29, 1.82) is 0 Å². The van der Waals surface area contributed by atoms with Crippen LogP contribution in [0, 0.1) is 5.82 Å². The summed E-state index contributed by atoms with van der Waals surface area (Å²) in [7, 11) is 0. The number of halogens is 1. The molecule has 0 saturated heterocycles. The van der Waals surface area contributed by atoms with Crippen molar-refractivity contribution in [3.63, 3.8) is 0 Å². The van der Waals surface area contributed by atoms with Gasteiger partial charge in [-0.25, -0.2) is 29.0 Å². The molecule has 0 fully saturated rings. The monoisotopic (exact) mass is 712 g/mol. The van der Waals surface area contributed by atoms with Crippen LogP contribution in [0.25, 0.3) is 84.1 Å². The van der Waals surface area contributed by atoms with E-state index in [4.69, 9.17) is 25.0 Å². The average molecular weight is 713 g/mol. The van der Waals surface area contributed by atoms with Crippen LogP contribution in [0.3, 0.4) is 0 Å². The maximum absolute atomic E-state index is 13.9. The molecule has 6 aromatic carbocycles. The van der Waals surface area contributed by atoms with Crippen molar-refractivity contribution < 1.29 is 4.39 Å². The first-order valence-corrected chi connectivity index (χ1v) is 18.3. The number of hydrogen-bond donors (Lipinski definition) is 0. The highest BCUT2D eigenvalue weighted by Gasteiger charge is 2.37. The molecule has 3 heterocycles. The van der Waals surface area contributed by atoms with Gasteiger partial charge in [-0.15, -0.1) is 0 Å². The molecular formula is C48H33FN6. The van der Waals surface area contributed by atoms with Crippen LogP contribution in [0.2, 0.25) is 0 Å². The molecule has 0 spiro atoms. The van der Waals surface area contributed by atoms with Gasteiger partial charge in [0.25, 0.3) is 0 Å². The Morgan fingerprint density at radius 3 is 1.80 bits per heavy atom. The average Bonchev–Trinajstić information content (AvgIpc) is 3.78. The van der Waals surface area contributed by atoms with Crippen molar-refractivity contribution in [1.82, 2.24) is 29.7 Å². The molecule has 10 rings (SSSR count). The van der Waals surface area contributed by atoms with Crippen molar-refractivity contribution in [2.75, 3.05) is 0 Å². The van der Waals surface area contributed by atoms with Gasteiger partial charge in [-0.1, -0.05) is 117 Å². The number of hydrogen-bond acceptors (Lipinski definition) is 5. The van der Waals surface area contributed by atoms with Crippen molar-refractivity contribution in [2.24, 2.45) is 0 Å². The third-order valence-corrected chi connectivity index (χ3v) is 10.7. The molecule has 0 bridgehead atoms. The summed E-state index contributed by atoms with van der Waals surface area (Å²) < 4.78 is 15.9. The highest BCUT2D eigenvalue weighted by Crippen LogP contribution is 2.51. The van der Waals surface area contributed by atoms with Crippen LogP contribution in [-0.2, 0) is 5.41 Å². The second-order valence-corrected chi connectivity index (χ2v) is 14.4. The minimum absolute atomic E-state index is 0.0890. The predicted octanol–water partition coefficient (Wildman–Crippen LogP) is 11.4. The van der Waals surface area contributed by atoms with E-state index in [-0.39, 0.29) is 11.2 Å². The Bertz CT molecular complexity index is 2860. The fourth-order valence-electron chi connectivity index (χ4n) is 7.81. The van der Waals surface area contributed by atoms with Crippen LogP contribution in [0.1, 0.15) is 25.0 Å². The zero-order valence-electron chi connectivity index (χ0n) is 30.1. The van der Waals surface area contributed by atoms with Crippen LogP contribution in [0.4, 0.5) is 4.39 Å². The van der Waals surface area contributed by atoms with E-state index in [0.717, 1.165) is 55.7 Å². The Labute approximate surface area is 317 Å². The quantitative estimate of drug-likeness (QED) is 0.172. The Hall–Kier alpha value is -7.12. The van der Waals surface area contributed by atoms with Gasteiger partial charge >= 0.3 is 0 Å². The third kappa shape index (κ3) is 5.60. The van der Waals surface area contributed by atoms with Gasteiger partial charge in [0.05, 0.1) is 28.8 Å². The molecule has 1 aliphatic carbocycles. The molecule has 1 aliphatic rings. The molecule has 9 aromatic rings. The van der Waals surface area contributed by atoms with E-state index in [1.165, 1.54) is 34.4 Å². The lowest BCUT2D eigenvalue weighted by molar-refractivity contribution is 0.628. The van der Waals surface area contributed by atoms with E-state index in [0.29, 0.717) is 17.3 Å². The lowest BCUT2D eigenvalue weighted by Gasteiger charge is -2.21. The van der Waals surface area contributed by atoms with Crippen LogP contribution < -0.4 is 0 Å². The molecule has 262 valence electrons.